The van der Waals surface area contributed by atoms with Gasteiger partial charge in [0.15, 0.2) is 0 Å². The Bertz CT molecular complexity index is 786. The van der Waals surface area contributed by atoms with E-state index in [1.807, 2.05) is 66.7 Å². The summed E-state index contributed by atoms with van der Waals surface area (Å²) in [5, 5.41) is 0. The van der Waals surface area contributed by atoms with Gasteiger partial charge in [0.25, 0.3) is 0 Å². The van der Waals surface area contributed by atoms with Crippen LogP contribution in [0.1, 0.15) is 20.7 Å². The number of quaternary nitrogens is 1. The first-order valence-corrected chi connectivity index (χ1v) is 7.72. The molecule has 118 valence electrons. The largest absolute Gasteiger partial charge is 0.298 e. The number of hydrogen-bond donors (Lipinski definition) is 0. The summed E-state index contributed by atoms with van der Waals surface area (Å²) < 4.78 is 0.444. The van der Waals surface area contributed by atoms with E-state index in [9.17, 15) is 9.59 Å². The summed E-state index contributed by atoms with van der Waals surface area (Å²) >= 11 is 0. The van der Waals surface area contributed by atoms with E-state index in [-0.39, 0.29) is 0 Å². The zero-order valence-corrected chi connectivity index (χ0v) is 13.4. The molecule has 0 amide bonds. The number of hydrogen-bond acceptors (Lipinski definition) is 2. The van der Waals surface area contributed by atoms with Crippen LogP contribution in [0.15, 0.2) is 78.9 Å². The maximum absolute atomic E-state index is 10.9. The van der Waals surface area contributed by atoms with Crippen LogP contribution >= 0.6 is 0 Å². The van der Waals surface area contributed by atoms with Crippen molar-refractivity contribution in [2.75, 3.05) is 7.05 Å². The number of nitrogens with zero attached hydrogens (tertiary/aromatic N) is 1. The van der Waals surface area contributed by atoms with Crippen LogP contribution in [0.5, 0.6) is 0 Å². The number of aldehydes is 2. The lowest BCUT2D eigenvalue weighted by Gasteiger charge is -2.33. The first-order chi connectivity index (χ1) is 11.7. The van der Waals surface area contributed by atoms with E-state index in [2.05, 4.69) is 19.2 Å². The molecule has 0 aliphatic heterocycles. The van der Waals surface area contributed by atoms with Crippen molar-refractivity contribution in [2.45, 2.75) is 0 Å². The first-order valence-electron chi connectivity index (χ1n) is 7.72. The van der Waals surface area contributed by atoms with Crippen LogP contribution in [0.3, 0.4) is 0 Å². The van der Waals surface area contributed by atoms with Crippen molar-refractivity contribution in [3.8, 4) is 0 Å². The van der Waals surface area contributed by atoms with Crippen LogP contribution in [0.2, 0.25) is 0 Å². The van der Waals surface area contributed by atoms with Crippen molar-refractivity contribution in [1.82, 2.24) is 4.48 Å². The van der Waals surface area contributed by atoms with Gasteiger partial charge in [-0.2, -0.15) is 0 Å². The fourth-order valence-corrected chi connectivity index (χ4v) is 2.88. The Labute approximate surface area is 141 Å². The van der Waals surface area contributed by atoms with Crippen molar-refractivity contribution >= 4 is 29.6 Å². The molecule has 0 aromatic heterocycles. The summed E-state index contributed by atoms with van der Waals surface area (Å²) in [5.41, 5.74) is 4.45. The maximum atomic E-state index is 10.9. The Kier molecular flexibility index (Phi) is 4.36. The summed E-state index contributed by atoms with van der Waals surface area (Å²) in [4.78, 5) is 21.9. The predicted octanol–water partition coefficient (Wildman–Crippen LogP) is 4.91. The van der Waals surface area contributed by atoms with Gasteiger partial charge in [-0.15, -0.1) is 0 Å². The van der Waals surface area contributed by atoms with Gasteiger partial charge in [-0.25, -0.2) is 4.48 Å². The van der Waals surface area contributed by atoms with Gasteiger partial charge in [-0.05, 0) is 36.4 Å². The summed E-state index contributed by atoms with van der Waals surface area (Å²) in [7, 11) is 2.10. The molecule has 0 saturated heterocycles. The molecule has 0 spiro atoms. The van der Waals surface area contributed by atoms with E-state index in [0.29, 0.717) is 15.6 Å². The summed E-state index contributed by atoms with van der Waals surface area (Å²) in [5.74, 6) is 0. The van der Waals surface area contributed by atoms with Gasteiger partial charge in [0.1, 0.15) is 29.6 Å². The van der Waals surface area contributed by atoms with Crippen LogP contribution in [0.4, 0.5) is 17.1 Å². The third-order valence-electron chi connectivity index (χ3n) is 4.36. The minimum atomic E-state index is 0.444. The second-order valence-electron chi connectivity index (χ2n) is 5.76. The quantitative estimate of drug-likeness (QED) is 0.495. The fourth-order valence-electron chi connectivity index (χ4n) is 2.88. The molecule has 0 aliphatic rings. The molecular weight excluding hydrogens is 298 g/mol. The van der Waals surface area contributed by atoms with Crippen LogP contribution in [0.25, 0.3) is 0 Å². The molecule has 0 saturated carbocycles. The van der Waals surface area contributed by atoms with Crippen molar-refractivity contribution in [1.29, 1.82) is 0 Å². The third kappa shape index (κ3) is 2.77. The Morgan fingerprint density at radius 2 is 0.958 bits per heavy atom. The van der Waals surface area contributed by atoms with Crippen molar-refractivity contribution < 1.29 is 9.59 Å². The van der Waals surface area contributed by atoms with E-state index in [4.69, 9.17) is 0 Å². The van der Waals surface area contributed by atoms with Crippen molar-refractivity contribution in [3.63, 3.8) is 0 Å². The number of rotatable bonds is 5. The van der Waals surface area contributed by atoms with Crippen LogP contribution < -0.4 is 4.48 Å². The van der Waals surface area contributed by atoms with Crippen LogP contribution in [-0.2, 0) is 0 Å². The monoisotopic (exact) mass is 316 g/mol. The smallest absolute Gasteiger partial charge is 0.150 e. The molecule has 3 aromatic carbocycles. The molecule has 0 aliphatic carbocycles. The Hall–Kier alpha value is -3.04. The summed E-state index contributed by atoms with van der Waals surface area (Å²) in [6, 6.07) is 25.3. The molecule has 0 N–H and O–H groups in total. The van der Waals surface area contributed by atoms with Gasteiger partial charge in [0.2, 0.25) is 0 Å². The second-order valence-corrected chi connectivity index (χ2v) is 5.76. The Morgan fingerprint density at radius 1 is 0.583 bits per heavy atom. The standard InChI is InChI=1S/C21H18NO2/c1-22(19-5-3-2-4-6-19,20-11-7-17(15-23)8-12-20)21-13-9-18(16-24)10-14-21/h2-16H,1H3/q+1. The molecular formula is C21H18NO2+. The lowest BCUT2D eigenvalue weighted by Crippen LogP contribution is -2.33. The van der Waals surface area contributed by atoms with Gasteiger partial charge in [-0.3, -0.25) is 9.59 Å². The van der Waals surface area contributed by atoms with E-state index in [1.54, 1.807) is 0 Å². The van der Waals surface area contributed by atoms with Gasteiger partial charge < -0.3 is 0 Å². The van der Waals surface area contributed by atoms with Crippen LogP contribution in [0, 0.1) is 0 Å². The van der Waals surface area contributed by atoms with Gasteiger partial charge >= 0.3 is 0 Å². The molecule has 3 heteroatoms. The number of para-hydroxylation sites is 1. The SMILES string of the molecule is C[N+](c1ccccc1)(c1ccc(C=O)cc1)c1ccc(C=O)cc1. The minimum Gasteiger partial charge on any atom is -0.298 e. The lowest BCUT2D eigenvalue weighted by molar-refractivity contribution is 0.111. The van der Waals surface area contributed by atoms with Crippen LogP contribution in [-0.4, -0.2) is 19.6 Å². The highest BCUT2D eigenvalue weighted by Crippen LogP contribution is 2.41. The van der Waals surface area contributed by atoms with Crippen molar-refractivity contribution in [2.24, 2.45) is 0 Å². The second kappa shape index (κ2) is 6.60. The Balaban J connectivity index is 2.19. The lowest BCUT2D eigenvalue weighted by atomic mass is 10.1. The molecule has 0 fully saturated rings. The van der Waals surface area contributed by atoms with E-state index in [0.717, 1.165) is 29.6 Å². The number of carbonyl (C=O) groups excluding carboxylic acids is 2. The zero-order valence-electron chi connectivity index (χ0n) is 13.4. The fraction of sp³-hybridized carbons (Fsp3) is 0.0476. The molecule has 0 heterocycles. The molecule has 0 atom stereocenters. The van der Waals surface area contributed by atoms with E-state index in [1.165, 1.54) is 0 Å². The number of carbonyl (C=O) groups is 2. The predicted molar refractivity (Wildman–Crippen MR) is 97.1 cm³/mol. The van der Waals surface area contributed by atoms with Crippen molar-refractivity contribution in [3.05, 3.63) is 90.0 Å². The molecule has 0 unspecified atom stereocenters. The maximum Gasteiger partial charge on any atom is 0.150 e. The normalized spacial score (nSPS) is 11.0. The average molecular weight is 316 g/mol. The Morgan fingerprint density at radius 3 is 1.33 bits per heavy atom. The highest BCUT2D eigenvalue weighted by molar-refractivity contribution is 5.79. The molecule has 3 nitrogen and oxygen atoms in total. The first kappa shape index (κ1) is 15.8. The molecule has 3 aromatic rings. The van der Waals surface area contributed by atoms with Gasteiger partial charge in [0.05, 0.1) is 7.05 Å². The highest BCUT2D eigenvalue weighted by Gasteiger charge is 2.31. The molecule has 24 heavy (non-hydrogen) atoms. The zero-order chi connectivity index (χ0) is 17.0. The third-order valence-corrected chi connectivity index (χ3v) is 4.36. The molecule has 3 rings (SSSR count). The topological polar surface area (TPSA) is 34.1 Å². The minimum absolute atomic E-state index is 0.444. The molecule has 0 bridgehead atoms. The highest BCUT2D eigenvalue weighted by atomic mass is 16.1. The summed E-state index contributed by atoms with van der Waals surface area (Å²) in [6.45, 7) is 0. The average Bonchev–Trinajstić information content (AvgIpc) is 2.68. The van der Waals surface area contributed by atoms with Gasteiger partial charge in [0, 0.05) is 35.4 Å². The van der Waals surface area contributed by atoms with Gasteiger partial charge in [-0.1, -0.05) is 18.2 Å². The summed E-state index contributed by atoms with van der Waals surface area (Å²) in [6.07, 6.45) is 1.69. The van der Waals surface area contributed by atoms with E-state index < -0.39 is 0 Å². The van der Waals surface area contributed by atoms with E-state index >= 15 is 0 Å². The molecule has 0 radical (unpaired) electrons. The number of benzene rings is 3.